The van der Waals surface area contributed by atoms with Crippen LogP contribution in [0.3, 0.4) is 0 Å². The molecule has 0 saturated heterocycles. The normalized spacial score (nSPS) is 11.3. The number of ether oxygens (including phenoxy) is 1. The van der Waals surface area contributed by atoms with Crippen LogP contribution in [0.2, 0.25) is 0 Å². The molecule has 0 spiro atoms. The highest BCUT2D eigenvalue weighted by molar-refractivity contribution is 7.89. The molecule has 0 aliphatic carbocycles. The summed E-state index contributed by atoms with van der Waals surface area (Å²) in [6.45, 7) is 5.61. The minimum atomic E-state index is -3.72. The maximum atomic E-state index is 12.1. The first-order chi connectivity index (χ1) is 9.27. The molecule has 3 N–H and O–H groups in total. The topological polar surface area (TPSA) is 98.5 Å². The summed E-state index contributed by atoms with van der Waals surface area (Å²) >= 11 is 0. The number of hydrogen-bond donors (Lipinski definition) is 2. The first-order valence-corrected chi connectivity index (χ1v) is 7.78. The summed E-state index contributed by atoms with van der Waals surface area (Å²) < 4.78 is 31.3. The van der Waals surface area contributed by atoms with E-state index in [-0.39, 0.29) is 30.2 Å². The predicted octanol–water partition coefficient (Wildman–Crippen LogP) is 1.12. The van der Waals surface area contributed by atoms with E-state index in [9.17, 15) is 13.2 Å². The summed E-state index contributed by atoms with van der Waals surface area (Å²) in [6.07, 6.45) is -0.0161. The van der Waals surface area contributed by atoms with Gasteiger partial charge in [-0.25, -0.2) is 13.1 Å². The first-order valence-electron chi connectivity index (χ1n) is 6.30. The number of benzene rings is 1. The molecule has 0 atom stereocenters. The molecule has 0 amide bonds. The highest BCUT2D eigenvalue weighted by atomic mass is 32.2. The Morgan fingerprint density at radius 2 is 1.90 bits per heavy atom. The largest absolute Gasteiger partial charge is 0.466 e. The second kappa shape index (κ2) is 6.71. The molecule has 0 bridgehead atoms. The number of nitrogens with two attached hydrogens (primary N) is 1. The number of nitrogens with one attached hydrogen (secondary N) is 1. The van der Waals surface area contributed by atoms with E-state index in [1.807, 2.05) is 13.8 Å². The van der Waals surface area contributed by atoms with Crippen LogP contribution in [0.25, 0.3) is 0 Å². The van der Waals surface area contributed by atoms with Gasteiger partial charge in [0.25, 0.3) is 0 Å². The number of sulfonamides is 1. The fourth-order valence-corrected chi connectivity index (χ4v) is 2.87. The van der Waals surface area contributed by atoms with Crippen LogP contribution in [0.5, 0.6) is 0 Å². The van der Waals surface area contributed by atoms with Crippen LogP contribution in [-0.2, 0) is 19.6 Å². The summed E-state index contributed by atoms with van der Waals surface area (Å²) in [6, 6.07) is 3.15. The second-order valence-corrected chi connectivity index (χ2v) is 6.16. The lowest BCUT2D eigenvalue weighted by Gasteiger charge is -2.11. The molecule has 6 nitrogen and oxygen atoms in total. The van der Waals surface area contributed by atoms with Crippen molar-refractivity contribution in [1.82, 2.24) is 4.72 Å². The monoisotopic (exact) mass is 300 g/mol. The standard InChI is InChI=1S/C13H20N2O4S/c1-4-19-13(16)5-6-15-20(17,18)12-8-10(3)9(2)7-11(12)14/h7-8,15H,4-6,14H2,1-3H3. The molecule has 0 aliphatic rings. The third-order valence-electron chi connectivity index (χ3n) is 2.84. The third kappa shape index (κ3) is 4.21. The van der Waals surface area contributed by atoms with Crippen LogP contribution in [0.1, 0.15) is 24.5 Å². The van der Waals surface area contributed by atoms with Crippen LogP contribution >= 0.6 is 0 Å². The van der Waals surface area contributed by atoms with Crippen molar-refractivity contribution in [3.05, 3.63) is 23.3 Å². The minimum absolute atomic E-state index is 0.0161. The Morgan fingerprint density at radius 1 is 1.30 bits per heavy atom. The number of nitrogen functional groups attached to an aromatic ring is 1. The van der Waals surface area contributed by atoms with Gasteiger partial charge in [-0.3, -0.25) is 4.79 Å². The maximum Gasteiger partial charge on any atom is 0.307 e. The molecule has 0 radical (unpaired) electrons. The van der Waals surface area contributed by atoms with Crippen molar-refractivity contribution in [2.24, 2.45) is 0 Å². The number of hydrogen-bond acceptors (Lipinski definition) is 5. The molecular weight excluding hydrogens is 280 g/mol. The van der Waals surface area contributed by atoms with Gasteiger partial charge in [0, 0.05) is 6.54 Å². The van der Waals surface area contributed by atoms with Gasteiger partial charge in [-0.05, 0) is 44.0 Å². The average Bonchev–Trinajstić information content (AvgIpc) is 2.33. The molecule has 0 heterocycles. The van der Waals surface area contributed by atoms with Crippen LogP contribution in [-0.4, -0.2) is 27.5 Å². The number of aryl methyl sites for hydroxylation is 2. The molecule has 20 heavy (non-hydrogen) atoms. The lowest BCUT2D eigenvalue weighted by Crippen LogP contribution is -2.27. The molecule has 1 rings (SSSR count). The first kappa shape index (κ1) is 16.5. The molecule has 112 valence electrons. The lowest BCUT2D eigenvalue weighted by molar-refractivity contribution is -0.142. The third-order valence-corrected chi connectivity index (χ3v) is 4.36. The predicted molar refractivity (Wildman–Crippen MR) is 76.8 cm³/mol. The quantitative estimate of drug-likeness (QED) is 0.606. The van der Waals surface area contributed by atoms with E-state index in [1.165, 1.54) is 6.07 Å². The Labute approximate surface area is 119 Å². The average molecular weight is 300 g/mol. The number of carbonyl (C=O) groups is 1. The summed E-state index contributed by atoms with van der Waals surface area (Å²) in [5, 5.41) is 0. The fourth-order valence-electron chi connectivity index (χ4n) is 1.64. The molecule has 1 aromatic carbocycles. The van der Waals surface area contributed by atoms with Crippen LogP contribution in [0.4, 0.5) is 5.69 Å². The Morgan fingerprint density at radius 3 is 2.50 bits per heavy atom. The number of carbonyl (C=O) groups excluding carboxylic acids is 1. The molecule has 0 saturated carbocycles. The number of esters is 1. The molecule has 0 aromatic heterocycles. The van der Waals surface area contributed by atoms with E-state index in [1.54, 1.807) is 13.0 Å². The van der Waals surface area contributed by atoms with Crippen molar-refractivity contribution in [3.8, 4) is 0 Å². The Kier molecular flexibility index (Phi) is 5.52. The van der Waals surface area contributed by atoms with Gasteiger partial charge >= 0.3 is 5.97 Å². The summed E-state index contributed by atoms with van der Waals surface area (Å²) in [5.41, 5.74) is 7.70. The fraction of sp³-hybridized carbons (Fsp3) is 0.462. The highest BCUT2D eigenvalue weighted by Gasteiger charge is 2.18. The SMILES string of the molecule is CCOC(=O)CCNS(=O)(=O)c1cc(C)c(C)cc1N. The van der Waals surface area contributed by atoms with Crippen molar-refractivity contribution in [2.75, 3.05) is 18.9 Å². The molecular formula is C13H20N2O4S. The molecule has 0 aliphatic heterocycles. The number of anilines is 1. The van der Waals surface area contributed by atoms with E-state index in [2.05, 4.69) is 4.72 Å². The maximum absolute atomic E-state index is 12.1. The van der Waals surface area contributed by atoms with E-state index in [0.29, 0.717) is 0 Å². The van der Waals surface area contributed by atoms with Crippen LogP contribution in [0, 0.1) is 13.8 Å². The van der Waals surface area contributed by atoms with Crippen LogP contribution in [0.15, 0.2) is 17.0 Å². The van der Waals surface area contributed by atoms with Gasteiger partial charge in [0.05, 0.1) is 18.7 Å². The Balaban J connectivity index is 2.79. The smallest absolute Gasteiger partial charge is 0.307 e. The molecule has 0 unspecified atom stereocenters. The van der Waals surface area contributed by atoms with Gasteiger partial charge in [-0.1, -0.05) is 0 Å². The Hall–Kier alpha value is -1.60. The van der Waals surface area contributed by atoms with Gasteiger partial charge in [-0.15, -0.1) is 0 Å². The van der Waals surface area contributed by atoms with Gasteiger partial charge in [0.1, 0.15) is 4.90 Å². The zero-order valence-electron chi connectivity index (χ0n) is 11.9. The molecule has 7 heteroatoms. The van der Waals surface area contributed by atoms with Gasteiger partial charge in [0.2, 0.25) is 10.0 Å². The van der Waals surface area contributed by atoms with Crippen molar-refractivity contribution in [1.29, 1.82) is 0 Å². The molecule has 1 aromatic rings. The summed E-state index contributed by atoms with van der Waals surface area (Å²) in [7, 11) is -3.72. The second-order valence-electron chi connectivity index (χ2n) is 4.43. The lowest BCUT2D eigenvalue weighted by atomic mass is 10.1. The zero-order chi connectivity index (χ0) is 15.3. The van der Waals surface area contributed by atoms with E-state index >= 15 is 0 Å². The Bertz CT molecular complexity index is 597. The highest BCUT2D eigenvalue weighted by Crippen LogP contribution is 2.22. The van der Waals surface area contributed by atoms with Gasteiger partial charge < -0.3 is 10.5 Å². The van der Waals surface area contributed by atoms with Crippen molar-refractivity contribution < 1.29 is 17.9 Å². The summed E-state index contributed by atoms with van der Waals surface area (Å²) in [5.74, 6) is -0.441. The van der Waals surface area contributed by atoms with Crippen molar-refractivity contribution >= 4 is 21.7 Å². The molecule has 0 fully saturated rings. The van der Waals surface area contributed by atoms with Gasteiger partial charge in [0.15, 0.2) is 0 Å². The number of rotatable bonds is 6. The van der Waals surface area contributed by atoms with Crippen LogP contribution < -0.4 is 10.5 Å². The minimum Gasteiger partial charge on any atom is -0.466 e. The summed E-state index contributed by atoms with van der Waals surface area (Å²) in [4.78, 5) is 11.2. The zero-order valence-corrected chi connectivity index (χ0v) is 12.7. The van der Waals surface area contributed by atoms with E-state index < -0.39 is 16.0 Å². The van der Waals surface area contributed by atoms with Gasteiger partial charge in [-0.2, -0.15) is 0 Å². The van der Waals surface area contributed by atoms with Crippen molar-refractivity contribution in [3.63, 3.8) is 0 Å². The van der Waals surface area contributed by atoms with Crippen molar-refractivity contribution in [2.45, 2.75) is 32.1 Å². The van der Waals surface area contributed by atoms with E-state index in [0.717, 1.165) is 11.1 Å². The van der Waals surface area contributed by atoms with E-state index in [4.69, 9.17) is 10.5 Å².